The lowest BCUT2D eigenvalue weighted by atomic mass is 10.1. The third-order valence-corrected chi connectivity index (χ3v) is 4.76. The summed E-state index contributed by atoms with van der Waals surface area (Å²) in [7, 11) is -0.800. The summed E-state index contributed by atoms with van der Waals surface area (Å²) in [5.74, 6) is 0.631. The van der Waals surface area contributed by atoms with Crippen LogP contribution in [0.4, 0.5) is 0 Å². The zero-order chi connectivity index (χ0) is 11.6. The second-order valence-corrected chi connectivity index (χ2v) is 6.61. The van der Waals surface area contributed by atoms with Crippen molar-refractivity contribution in [3.8, 4) is 0 Å². The van der Waals surface area contributed by atoms with Crippen LogP contribution in [0, 0.1) is 0 Å². The van der Waals surface area contributed by atoms with Gasteiger partial charge in [-0.1, -0.05) is 0 Å². The summed E-state index contributed by atoms with van der Waals surface area (Å²) < 4.78 is 24.4. The molecule has 1 aromatic heterocycles. The van der Waals surface area contributed by atoms with Crippen LogP contribution in [0.1, 0.15) is 18.5 Å². The number of hydrogen-bond acceptors (Lipinski definition) is 4. The highest BCUT2D eigenvalue weighted by molar-refractivity contribution is 7.91. The Morgan fingerprint density at radius 2 is 2.19 bits per heavy atom. The lowest BCUT2D eigenvalue weighted by molar-refractivity contribution is 0.457. The molecule has 0 spiro atoms. The zero-order valence-corrected chi connectivity index (χ0v) is 10.2. The maximum Gasteiger partial charge on any atom is 0.150 e. The summed E-state index contributed by atoms with van der Waals surface area (Å²) in [6, 6.07) is 0.318. The Morgan fingerprint density at radius 1 is 1.50 bits per heavy atom. The van der Waals surface area contributed by atoms with E-state index in [2.05, 4.69) is 10.3 Å². The lowest BCUT2D eigenvalue weighted by Crippen LogP contribution is -2.37. The number of sulfone groups is 1. The second-order valence-electron chi connectivity index (χ2n) is 4.30. The van der Waals surface area contributed by atoms with E-state index in [9.17, 15) is 8.42 Å². The van der Waals surface area contributed by atoms with E-state index in [1.807, 2.05) is 17.8 Å². The molecule has 6 heteroatoms. The van der Waals surface area contributed by atoms with E-state index in [1.54, 1.807) is 6.33 Å². The van der Waals surface area contributed by atoms with Gasteiger partial charge in [0, 0.05) is 25.8 Å². The fraction of sp³-hybridized carbons (Fsp3) is 0.700. The minimum Gasteiger partial charge on any atom is -0.337 e. The van der Waals surface area contributed by atoms with Gasteiger partial charge in [-0.2, -0.15) is 0 Å². The van der Waals surface area contributed by atoms with Gasteiger partial charge in [0.25, 0.3) is 0 Å². The fourth-order valence-corrected chi connectivity index (χ4v) is 3.39. The first-order chi connectivity index (χ1) is 7.57. The molecule has 2 heterocycles. The van der Waals surface area contributed by atoms with E-state index < -0.39 is 9.84 Å². The molecule has 1 aromatic rings. The van der Waals surface area contributed by atoms with Gasteiger partial charge < -0.3 is 9.88 Å². The molecule has 2 rings (SSSR count). The number of hydrogen-bond donors (Lipinski definition) is 1. The van der Waals surface area contributed by atoms with Crippen molar-refractivity contribution in [2.45, 2.75) is 25.4 Å². The van der Waals surface area contributed by atoms with Crippen molar-refractivity contribution in [2.75, 3.05) is 11.5 Å². The molecule has 0 atom stereocenters. The van der Waals surface area contributed by atoms with E-state index in [4.69, 9.17) is 0 Å². The van der Waals surface area contributed by atoms with E-state index in [-0.39, 0.29) is 0 Å². The summed E-state index contributed by atoms with van der Waals surface area (Å²) in [6.45, 7) is 0.751. The lowest BCUT2D eigenvalue weighted by Gasteiger charge is -2.23. The van der Waals surface area contributed by atoms with Gasteiger partial charge in [-0.15, -0.1) is 0 Å². The summed E-state index contributed by atoms with van der Waals surface area (Å²) >= 11 is 0. The molecule has 1 saturated heterocycles. The van der Waals surface area contributed by atoms with Crippen LogP contribution < -0.4 is 5.32 Å². The Balaban J connectivity index is 1.82. The van der Waals surface area contributed by atoms with E-state index in [0.717, 1.165) is 25.1 Å². The van der Waals surface area contributed by atoms with Gasteiger partial charge >= 0.3 is 0 Å². The molecular formula is C10H17N3O2S. The third kappa shape index (κ3) is 2.82. The summed E-state index contributed by atoms with van der Waals surface area (Å²) in [4.78, 5) is 4.04. The summed E-state index contributed by atoms with van der Waals surface area (Å²) in [5, 5.41) is 3.38. The Labute approximate surface area is 95.8 Å². The van der Waals surface area contributed by atoms with Gasteiger partial charge in [0.1, 0.15) is 9.84 Å². The number of nitrogens with zero attached hydrogens (tertiary/aromatic N) is 2. The highest BCUT2D eigenvalue weighted by Crippen LogP contribution is 2.12. The Hall–Kier alpha value is -0.880. The minimum absolute atomic E-state index is 0.316. The summed E-state index contributed by atoms with van der Waals surface area (Å²) in [6.07, 6.45) is 5.04. The number of aryl methyl sites for hydroxylation is 1. The van der Waals surface area contributed by atoms with Crippen LogP contribution in [0.5, 0.6) is 0 Å². The van der Waals surface area contributed by atoms with Crippen molar-refractivity contribution in [2.24, 2.45) is 7.05 Å². The minimum atomic E-state index is -2.75. The average molecular weight is 243 g/mol. The highest BCUT2D eigenvalue weighted by atomic mass is 32.2. The van der Waals surface area contributed by atoms with Crippen molar-refractivity contribution in [1.29, 1.82) is 0 Å². The molecule has 1 fully saturated rings. The van der Waals surface area contributed by atoms with Crippen molar-refractivity contribution < 1.29 is 8.42 Å². The Kier molecular flexibility index (Phi) is 3.30. The topological polar surface area (TPSA) is 64.0 Å². The van der Waals surface area contributed by atoms with Crippen LogP contribution >= 0.6 is 0 Å². The zero-order valence-electron chi connectivity index (χ0n) is 9.39. The first-order valence-corrected chi connectivity index (χ1v) is 7.28. The molecule has 5 nitrogen and oxygen atoms in total. The van der Waals surface area contributed by atoms with Gasteiger partial charge in [-0.3, -0.25) is 0 Å². The van der Waals surface area contributed by atoms with Gasteiger partial charge in [-0.05, 0) is 12.8 Å². The molecule has 0 bridgehead atoms. The molecular weight excluding hydrogens is 226 g/mol. The van der Waals surface area contributed by atoms with Crippen molar-refractivity contribution >= 4 is 9.84 Å². The summed E-state index contributed by atoms with van der Waals surface area (Å²) in [5.41, 5.74) is 1.12. The molecule has 0 saturated carbocycles. The van der Waals surface area contributed by atoms with E-state index in [1.165, 1.54) is 0 Å². The molecule has 0 radical (unpaired) electrons. The quantitative estimate of drug-likeness (QED) is 0.817. The predicted octanol–water partition coefficient (Wildman–Crippen LogP) is 0.0869. The molecule has 16 heavy (non-hydrogen) atoms. The maximum atomic E-state index is 11.2. The Morgan fingerprint density at radius 3 is 2.75 bits per heavy atom. The molecule has 0 unspecified atom stereocenters. The monoisotopic (exact) mass is 243 g/mol. The van der Waals surface area contributed by atoms with Gasteiger partial charge in [0.2, 0.25) is 0 Å². The Bertz CT molecular complexity index is 438. The van der Waals surface area contributed by atoms with E-state index in [0.29, 0.717) is 17.5 Å². The fourth-order valence-electron chi connectivity index (χ4n) is 1.90. The SMILES string of the molecule is Cn1cncc1CNC1CCS(=O)(=O)CC1. The normalized spacial score (nSPS) is 21.1. The van der Waals surface area contributed by atoms with Crippen molar-refractivity contribution in [3.63, 3.8) is 0 Å². The number of imidazole rings is 1. The van der Waals surface area contributed by atoms with Gasteiger partial charge in [0.05, 0.1) is 23.5 Å². The van der Waals surface area contributed by atoms with Crippen LogP contribution in [0.2, 0.25) is 0 Å². The number of rotatable bonds is 3. The van der Waals surface area contributed by atoms with Gasteiger partial charge in [-0.25, -0.2) is 13.4 Å². The molecule has 1 aliphatic heterocycles. The number of nitrogens with one attached hydrogen (secondary N) is 1. The average Bonchev–Trinajstić information content (AvgIpc) is 2.63. The van der Waals surface area contributed by atoms with E-state index >= 15 is 0 Å². The smallest absolute Gasteiger partial charge is 0.150 e. The standard InChI is InChI=1S/C10H17N3O2S/c1-13-8-11-6-10(13)7-12-9-2-4-16(14,15)5-3-9/h6,8-9,12H,2-5,7H2,1H3. The van der Waals surface area contributed by atoms with Crippen molar-refractivity contribution in [1.82, 2.24) is 14.9 Å². The molecule has 0 amide bonds. The molecule has 90 valence electrons. The van der Waals surface area contributed by atoms with Gasteiger partial charge in [0.15, 0.2) is 0 Å². The largest absolute Gasteiger partial charge is 0.337 e. The molecule has 1 N–H and O–H groups in total. The van der Waals surface area contributed by atoms with Crippen molar-refractivity contribution in [3.05, 3.63) is 18.2 Å². The first-order valence-electron chi connectivity index (χ1n) is 5.46. The van der Waals surface area contributed by atoms with Crippen LogP contribution in [-0.4, -0.2) is 35.5 Å². The van der Waals surface area contributed by atoms with Crippen LogP contribution in [-0.2, 0) is 23.4 Å². The molecule has 0 aliphatic carbocycles. The predicted molar refractivity (Wildman–Crippen MR) is 61.7 cm³/mol. The van der Waals surface area contributed by atoms with Crippen LogP contribution in [0.25, 0.3) is 0 Å². The number of aromatic nitrogens is 2. The molecule has 0 aromatic carbocycles. The highest BCUT2D eigenvalue weighted by Gasteiger charge is 2.23. The van der Waals surface area contributed by atoms with Crippen LogP contribution in [0.3, 0.4) is 0 Å². The van der Waals surface area contributed by atoms with Crippen LogP contribution in [0.15, 0.2) is 12.5 Å². The third-order valence-electron chi connectivity index (χ3n) is 3.04. The molecule has 1 aliphatic rings. The second kappa shape index (κ2) is 4.55. The first kappa shape index (κ1) is 11.6. The maximum absolute atomic E-state index is 11.2.